The van der Waals surface area contributed by atoms with Gasteiger partial charge in [0.05, 0.1) is 28.6 Å². The number of nitrogens with one attached hydrogen (secondary N) is 1. The van der Waals surface area contributed by atoms with E-state index in [0.717, 1.165) is 10.6 Å². The van der Waals surface area contributed by atoms with E-state index in [1.165, 1.54) is 11.3 Å². The summed E-state index contributed by atoms with van der Waals surface area (Å²) in [5.41, 5.74) is 0.784. The summed E-state index contributed by atoms with van der Waals surface area (Å²) in [6.45, 7) is 2.18. The van der Waals surface area contributed by atoms with Gasteiger partial charge >= 0.3 is 0 Å². The van der Waals surface area contributed by atoms with E-state index in [0.29, 0.717) is 23.6 Å². The average molecular weight is 290 g/mol. The number of nitrogens with zero attached hydrogens (tertiary/aromatic N) is 1. The molecule has 2 aromatic rings. The minimum atomic E-state index is -0.167. The highest BCUT2D eigenvalue weighted by Crippen LogP contribution is 2.15. The van der Waals surface area contributed by atoms with E-state index >= 15 is 0 Å². The number of hydrogen-bond donors (Lipinski definition) is 2. The summed E-state index contributed by atoms with van der Waals surface area (Å²) in [5, 5.41) is 15.1. The average Bonchev–Trinajstić information content (AvgIpc) is 3.06. The van der Waals surface area contributed by atoms with Crippen molar-refractivity contribution >= 4 is 17.2 Å². The predicted octanol–water partition coefficient (Wildman–Crippen LogP) is 1.71. The molecule has 0 aromatic carbocycles. The maximum Gasteiger partial charge on any atom is 0.261 e. The summed E-state index contributed by atoms with van der Waals surface area (Å²) in [7, 11) is 0. The Morgan fingerprint density at radius 2 is 2.40 bits per heavy atom. The highest BCUT2D eigenvalue weighted by atomic mass is 32.1. The second-order valence-corrected chi connectivity index (χ2v) is 5.14. The minimum Gasteiger partial charge on any atom is -0.395 e. The molecule has 0 saturated carbocycles. The van der Waals surface area contributed by atoms with Crippen LogP contribution in [0.5, 0.6) is 0 Å². The lowest BCUT2D eigenvalue weighted by atomic mass is 10.3. The summed E-state index contributed by atoms with van der Waals surface area (Å²) in [6, 6.07) is 5.30. The number of aryl methyl sites for hydroxylation is 1. The molecule has 0 fully saturated rings. The van der Waals surface area contributed by atoms with Gasteiger partial charge in [0.1, 0.15) is 0 Å². The molecule has 104 valence electrons. The van der Waals surface area contributed by atoms with Gasteiger partial charge in [0, 0.05) is 12.5 Å². The Morgan fingerprint density at radius 1 is 1.55 bits per heavy atom. The highest BCUT2D eigenvalue weighted by Gasteiger charge is 2.09. The van der Waals surface area contributed by atoms with Crippen LogP contribution in [0.2, 0.25) is 0 Å². The molecule has 0 radical (unpaired) electrons. The molecule has 0 aliphatic heterocycles. The second kappa shape index (κ2) is 6.89. The molecule has 2 aromatic heterocycles. The Labute approximate surface area is 120 Å². The second-order valence-electron chi connectivity index (χ2n) is 4.06. The Kier molecular flexibility index (Phi) is 4.93. The predicted molar refractivity (Wildman–Crippen MR) is 75.3 cm³/mol. The first-order valence-corrected chi connectivity index (χ1v) is 6.90. The maximum atomic E-state index is 11.9. The normalized spacial score (nSPS) is 9.90. The topological polar surface area (TPSA) is 75.4 Å². The molecule has 2 N–H and O–H groups in total. The van der Waals surface area contributed by atoms with Gasteiger partial charge in [-0.3, -0.25) is 4.79 Å². The molecule has 2 heterocycles. The SMILES string of the molecule is Cc1cc(CNC(=O)c2ccc(C#CCCO)s2)on1. The van der Waals surface area contributed by atoms with Crippen molar-refractivity contribution in [3.63, 3.8) is 0 Å². The van der Waals surface area contributed by atoms with Crippen LogP contribution in [0.15, 0.2) is 22.7 Å². The van der Waals surface area contributed by atoms with Crippen molar-refractivity contribution in [3.05, 3.63) is 39.4 Å². The van der Waals surface area contributed by atoms with Crippen LogP contribution in [0.25, 0.3) is 0 Å². The zero-order valence-corrected chi connectivity index (χ0v) is 11.8. The van der Waals surface area contributed by atoms with Gasteiger partial charge in [-0.15, -0.1) is 11.3 Å². The largest absolute Gasteiger partial charge is 0.395 e. The number of aromatic nitrogens is 1. The van der Waals surface area contributed by atoms with Crippen LogP contribution in [0.3, 0.4) is 0 Å². The Bertz CT molecular complexity index is 649. The van der Waals surface area contributed by atoms with Crippen LogP contribution in [0.1, 0.15) is 32.4 Å². The van der Waals surface area contributed by atoms with Gasteiger partial charge in [-0.05, 0) is 19.1 Å². The number of thiophene rings is 1. The van der Waals surface area contributed by atoms with Crippen LogP contribution >= 0.6 is 11.3 Å². The first-order valence-electron chi connectivity index (χ1n) is 6.09. The van der Waals surface area contributed by atoms with Gasteiger partial charge in [0.25, 0.3) is 5.91 Å². The van der Waals surface area contributed by atoms with Crippen LogP contribution in [0.4, 0.5) is 0 Å². The van der Waals surface area contributed by atoms with Gasteiger partial charge in [0.2, 0.25) is 0 Å². The Balaban J connectivity index is 1.91. The van der Waals surface area contributed by atoms with E-state index < -0.39 is 0 Å². The first-order chi connectivity index (χ1) is 9.69. The van der Waals surface area contributed by atoms with Gasteiger partial charge in [-0.1, -0.05) is 17.0 Å². The van der Waals surface area contributed by atoms with Crippen molar-refractivity contribution in [2.45, 2.75) is 19.9 Å². The fourth-order valence-electron chi connectivity index (χ4n) is 1.49. The molecular weight excluding hydrogens is 276 g/mol. The van der Waals surface area contributed by atoms with Crippen LogP contribution in [-0.4, -0.2) is 22.8 Å². The minimum absolute atomic E-state index is 0.0440. The first kappa shape index (κ1) is 14.3. The van der Waals surface area contributed by atoms with Crippen molar-refractivity contribution < 1.29 is 14.4 Å². The molecule has 0 aliphatic rings. The maximum absolute atomic E-state index is 11.9. The van der Waals surface area contributed by atoms with E-state index in [2.05, 4.69) is 22.3 Å². The monoisotopic (exact) mass is 290 g/mol. The zero-order chi connectivity index (χ0) is 14.4. The zero-order valence-electron chi connectivity index (χ0n) is 11.0. The number of aliphatic hydroxyl groups excluding tert-OH is 1. The molecule has 1 amide bonds. The Hall–Kier alpha value is -2.10. The summed E-state index contributed by atoms with van der Waals surface area (Å²) < 4.78 is 5.01. The van der Waals surface area contributed by atoms with Gasteiger partial charge in [-0.2, -0.15) is 0 Å². The molecule has 20 heavy (non-hydrogen) atoms. The van der Waals surface area contributed by atoms with Crippen LogP contribution in [-0.2, 0) is 6.54 Å². The molecule has 2 rings (SSSR count). The van der Waals surface area contributed by atoms with Gasteiger partial charge in [-0.25, -0.2) is 0 Å². The molecule has 0 unspecified atom stereocenters. The van der Waals surface area contributed by atoms with Crippen molar-refractivity contribution in [1.82, 2.24) is 10.5 Å². The van der Waals surface area contributed by atoms with E-state index in [1.54, 1.807) is 18.2 Å². The van der Waals surface area contributed by atoms with Gasteiger partial charge in [0.15, 0.2) is 5.76 Å². The number of aliphatic hydroxyl groups is 1. The van der Waals surface area contributed by atoms with E-state index in [4.69, 9.17) is 9.63 Å². The lowest BCUT2D eigenvalue weighted by molar-refractivity contribution is 0.0951. The smallest absolute Gasteiger partial charge is 0.261 e. The fourth-order valence-corrected chi connectivity index (χ4v) is 2.28. The molecule has 0 spiro atoms. The van der Waals surface area contributed by atoms with Gasteiger partial charge < -0.3 is 14.9 Å². The summed E-state index contributed by atoms with van der Waals surface area (Å²) in [5.74, 6) is 6.17. The van der Waals surface area contributed by atoms with Crippen molar-refractivity contribution in [2.75, 3.05) is 6.61 Å². The third-order valence-corrected chi connectivity index (χ3v) is 3.38. The van der Waals surface area contributed by atoms with E-state index in [1.807, 2.05) is 6.92 Å². The van der Waals surface area contributed by atoms with Crippen LogP contribution < -0.4 is 5.32 Å². The van der Waals surface area contributed by atoms with Crippen molar-refractivity contribution in [1.29, 1.82) is 0 Å². The number of carbonyl (C=O) groups is 1. The highest BCUT2D eigenvalue weighted by molar-refractivity contribution is 7.14. The molecule has 0 saturated heterocycles. The molecular formula is C14H14N2O3S. The number of rotatable bonds is 4. The van der Waals surface area contributed by atoms with Crippen molar-refractivity contribution in [3.8, 4) is 11.8 Å². The van der Waals surface area contributed by atoms with Crippen LogP contribution in [0, 0.1) is 18.8 Å². The molecule has 0 aliphatic carbocycles. The standard InChI is InChI=1S/C14H14N2O3S/c1-10-8-11(19-16-10)9-15-14(18)13-6-5-12(20-13)4-2-3-7-17/h5-6,8,17H,3,7,9H2,1H3,(H,15,18). The van der Waals surface area contributed by atoms with Crippen molar-refractivity contribution in [2.24, 2.45) is 0 Å². The van der Waals surface area contributed by atoms with E-state index in [-0.39, 0.29) is 12.5 Å². The third-order valence-electron chi connectivity index (χ3n) is 2.38. The number of carbonyl (C=O) groups excluding carboxylic acids is 1. The summed E-state index contributed by atoms with van der Waals surface area (Å²) in [6.07, 6.45) is 0.435. The lowest BCUT2D eigenvalue weighted by Gasteiger charge is -1.99. The Morgan fingerprint density at radius 3 is 3.10 bits per heavy atom. The molecule has 6 heteroatoms. The van der Waals surface area contributed by atoms with E-state index in [9.17, 15) is 4.79 Å². The quantitative estimate of drug-likeness (QED) is 0.841. The summed E-state index contributed by atoms with van der Waals surface area (Å²) >= 11 is 1.32. The third kappa shape index (κ3) is 3.95. The molecule has 0 atom stereocenters. The fraction of sp³-hybridized carbons (Fsp3) is 0.286. The number of amides is 1. The number of hydrogen-bond acceptors (Lipinski definition) is 5. The molecule has 0 bridgehead atoms. The molecule has 5 nitrogen and oxygen atoms in total. The lowest BCUT2D eigenvalue weighted by Crippen LogP contribution is -2.21. The summed E-state index contributed by atoms with van der Waals surface area (Å²) in [4.78, 5) is 13.3.